The molecule has 1 aliphatic heterocycles. The highest BCUT2D eigenvalue weighted by Crippen LogP contribution is 2.10. The van der Waals surface area contributed by atoms with Gasteiger partial charge >= 0.3 is 12.7 Å². The molecular formula is C6H9F2NO2. The fourth-order valence-corrected chi connectivity index (χ4v) is 1.05. The number of halogens is 2. The molecule has 0 spiro atoms. The van der Waals surface area contributed by atoms with Crippen LogP contribution in [0.3, 0.4) is 0 Å². The van der Waals surface area contributed by atoms with Crippen LogP contribution < -0.4 is 0 Å². The first kappa shape index (κ1) is 8.23. The minimum Gasteiger partial charge on any atom is -0.386 e. The van der Waals surface area contributed by atoms with Gasteiger partial charge in [0.25, 0.3) is 0 Å². The number of hydrogen-bond acceptors (Lipinski definition) is 2. The first-order valence-electron chi connectivity index (χ1n) is 3.44. The van der Waals surface area contributed by atoms with Gasteiger partial charge in [-0.2, -0.15) is 8.78 Å². The molecule has 11 heavy (non-hydrogen) atoms. The Bertz CT molecular complexity index is 146. The van der Waals surface area contributed by atoms with Crippen LogP contribution in [-0.4, -0.2) is 30.7 Å². The Balaban J connectivity index is 2.28. The molecule has 1 amide bonds. The van der Waals surface area contributed by atoms with Crippen molar-refractivity contribution in [1.82, 2.24) is 4.90 Å². The average molecular weight is 165 g/mol. The Morgan fingerprint density at radius 3 is 2.36 bits per heavy atom. The summed E-state index contributed by atoms with van der Waals surface area (Å²) in [7, 11) is 0. The lowest BCUT2D eigenvalue weighted by Gasteiger charge is -2.13. The molecule has 0 atom stereocenters. The van der Waals surface area contributed by atoms with E-state index in [1.165, 1.54) is 4.90 Å². The zero-order valence-corrected chi connectivity index (χ0v) is 5.93. The Labute approximate surface area is 62.9 Å². The van der Waals surface area contributed by atoms with Gasteiger partial charge < -0.3 is 9.64 Å². The normalized spacial score (nSPS) is 17.5. The van der Waals surface area contributed by atoms with Crippen molar-refractivity contribution in [3.05, 3.63) is 0 Å². The van der Waals surface area contributed by atoms with E-state index in [0.29, 0.717) is 13.1 Å². The summed E-state index contributed by atoms with van der Waals surface area (Å²) in [5.41, 5.74) is 0. The molecule has 0 aromatic heterocycles. The summed E-state index contributed by atoms with van der Waals surface area (Å²) < 4.78 is 26.6. The van der Waals surface area contributed by atoms with E-state index in [-0.39, 0.29) is 0 Å². The number of carbonyl (C=O) groups is 1. The Hall–Kier alpha value is -0.870. The van der Waals surface area contributed by atoms with Crippen LogP contribution >= 0.6 is 0 Å². The van der Waals surface area contributed by atoms with Gasteiger partial charge in [0.15, 0.2) is 0 Å². The molecule has 5 heteroatoms. The number of rotatable bonds is 1. The maximum atomic E-state index is 11.5. The van der Waals surface area contributed by atoms with E-state index in [1.807, 2.05) is 0 Å². The van der Waals surface area contributed by atoms with Crippen molar-refractivity contribution in [1.29, 1.82) is 0 Å². The van der Waals surface area contributed by atoms with Crippen molar-refractivity contribution in [3.8, 4) is 0 Å². The number of nitrogens with zero attached hydrogens (tertiary/aromatic N) is 1. The minimum absolute atomic E-state index is 0.533. The van der Waals surface area contributed by atoms with Crippen LogP contribution in [0.2, 0.25) is 0 Å². The fourth-order valence-electron chi connectivity index (χ4n) is 1.05. The van der Waals surface area contributed by atoms with E-state index in [1.54, 1.807) is 0 Å². The quantitative estimate of drug-likeness (QED) is 0.588. The predicted octanol–water partition coefficient (Wildman–Crippen LogP) is 1.44. The van der Waals surface area contributed by atoms with Crippen LogP contribution in [-0.2, 0) is 4.74 Å². The summed E-state index contributed by atoms with van der Waals surface area (Å²) >= 11 is 0. The molecule has 1 saturated heterocycles. The second-order valence-corrected chi connectivity index (χ2v) is 2.34. The van der Waals surface area contributed by atoms with Crippen molar-refractivity contribution >= 4 is 6.09 Å². The van der Waals surface area contributed by atoms with Crippen LogP contribution in [0.25, 0.3) is 0 Å². The number of carbonyl (C=O) groups excluding carboxylic acids is 1. The second kappa shape index (κ2) is 3.50. The highest BCUT2D eigenvalue weighted by molar-refractivity contribution is 5.67. The molecule has 1 fully saturated rings. The Kier molecular flexibility index (Phi) is 2.62. The molecule has 0 aliphatic carbocycles. The van der Waals surface area contributed by atoms with Gasteiger partial charge in [-0.25, -0.2) is 4.79 Å². The number of ether oxygens (including phenoxy) is 1. The lowest BCUT2D eigenvalue weighted by Crippen LogP contribution is -2.29. The SMILES string of the molecule is O=C(OC(F)F)N1CCCC1. The van der Waals surface area contributed by atoms with Gasteiger partial charge in [-0.05, 0) is 12.8 Å². The van der Waals surface area contributed by atoms with Gasteiger partial charge in [0.1, 0.15) is 0 Å². The van der Waals surface area contributed by atoms with Crippen LogP contribution in [0.4, 0.5) is 13.6 Å². The molecule has 0 unspecified atom stereocenters. The summed E-state index contributed by atoms with van der Waals surface area (Å²) in [6, 6.07) is 0. The van der Waals surface area contributed by atoms with E-state index in [0.717, 1.165) is 12.8 Å². The van der Waals surface area contributed by atoms with E-state index in [9.17, 15) is 13.6 Å². The van der Waals surface area contributed by atoms with Crippen molar-refractivity contribution in [2.75, 3.05) is 13.1 Å². The van der Waals surface area contributed by atoms with Gasteiger partial charge in [-0.3, -0.25) is 0 Å². The second-order valence-electron chi connectivity index (χ2n) is 2.34. The zero-order valence-electron chi connectivity index (χ0n) is 5.93. The molecule has 0 radical (unpaired) electrons. The highest BCUT2D eigenvalue weighted by atomic mass is 19.3. The van der Waals surface area contributed by atoms with Crippen molar-refractivity contribution in [2.24, 2.45) is 0 Å². The lowest BCUT2D eigenvalue weighted by molar-refractivity contribution is -0.0906. The fraction of sp³-hybridized carbons (Fsp3) is 0.833. The predicted molar refractivity (Wildman–Crippen MR) is 33.3 cm³/mol. The summed E-state index contributed by atoms with van der Waals surface area (Å²) in [6.45, 7) is -1.93. The minimum atomic E-state index is -3.00. The van der Waals surface area contributed by atoms with Crippen LogP contribution in [0, 0.1) is 0 Å². The van der Waals surface area contributed by atoms with Crippen LogP contribution in [0.15, 0.2) is 0 Å². The van der Waals surface area contributed by atoms with Crippen LogP contribution in [0.1, 0.15) is 12.8 Å². The molecule has 1 rings (SSSR count). The van der Waals surface area contributed by atoms with E-state index in [4.69, 9.17) is 0 Å². The van der Waals surface area contributed by atoms with Crippen molar-refractivity contribution < 1.29 is 18.3 Å². The number of amides is 1. The summed E-state index contributed by atoms with van der Waals surface area (Å²) in [5, 5.41) is 0. The maximum absolute atomic E-state index is 11.5. The van der Waals surface area contributed by atoms with E-state index in [2.05, 4.69) is 4.74 Å². The van der Waals surface area contributed by atoms with Crippen molar-refractivity contribution in [3.63, 3.8) is 0 Å². The highest BCUT2D eigenvalue weighted by Gasteiger charge is 2.21. The molecule has 0 aromatic carbocycles. The maximum Gasteiger partial charge on any atom is 0.414 e. The average Bonchev–Trinajstić information content (AvgIpc) is 2.35. The number of likely N-dealkylation sites (tertiary alicyclic amines) is 1. The summed E-state index contributed by atoms with van der Waals surface area (Å²) in [4.78, 5) is 12.0. The van der Waals surface area contributed by atoms with Gasteiger partial charge in [0, 0.05) is 13.1 Å². The topological polar surface area (TPSA) is 29.5 Å². The monoisotopic (exact) mass is 165 g/mol. The Morgan fingerprint density at radius 2 is 1.91 bits per heavy atom. The summed E-state index contributed by atoms with van der Waals surface area (Å²) in [5.74, 6) is 0. The van der Waals surface area contributed by atoms with Gasteiger partial charge in [-0.1, -0.05) is 0 Å². The molecule has 64 valence electrons. The molecule has 0 saturated carbocycles. The van der Waals surface area contributed by atoms with Gasteiger partial charge in [0.05, 0.1) is 0 Å². The third kappa shape index (κ3) is 2.32. The van der Waals surface area contributed by atoms with E-state index >= 15 is 0 Å². The number of alkyl halides is 2. The molecule has 1 aliphatic rings. The lowest BCUT2D eigenvalue weighted by atomic mass is 10.4. The smallest absolute Gasteiger partial charge is 0.386 e. The molecule has 0 bridgehead atoms. The third-order valence-electron chi connectivity index (χ3n) is 1.55. The van der Waals surface area contributed by atoms with Gasteiger partial charge in [0.2, 0.25) is 0 Å². The molecule has 0 aromatic rings. The molecule has 3 nitrogen and oxygen atoms in total. The first-order valence-corrected chi connectivity index (χ1v) is 3.44. The first-order chi connectivity index (χ1) is 5.20. The molecule has 1 heterocycles. The summed E-state index contributed by atoms with van der Waals surface area (Å²) in [6.07, 6.45) is 0.842. The van der Waals surface area contributed by atoms with Gasteiger partial charge in [-0.15, -0.1) is 0 Å². The molecule has 0 N–H and O–H groups in total. The third-order valence-corrected chi connectivity index (χ3v) is 1.55. The number of hydrogen-bond donors (Lipinski definition) is 0. The zero-order chi connectivity index (χ0) is 8.27. The standard InChI is InChI=1S/C6H9F2NO2/c7-5(8)11-6(10)9-3-1-2-4-9/h5H,1-4H2. The van der Waals surface area contributed by atoms with Crippen LogP contribution in [0.5, 0.6) is 0 Å². The van der Waals surface area contributed by atoms with Crippen molar-refractivity contribution in [2.45, 2.75) is 19.5 Å². The van der Waals surface area contributed by atoms with E-state index < -0.39 is 12.7 Å². The molecular weight excluding hydrogens is 156 g/mol. The largest absolute Gasteiger partial charge is 0.414 e. The Morgan fingerprint density at radius 1 is 1.36 bits per heavy atom.